The van der Waals surface area contributed by atoms with Gasteiger partial charge in [-0.1, -0.05) is 77.9 Å². The molecule has 0 aliphatic carbocycles. The van der Waals surface area contributed by atoms with E-state index in [0.717, 1.165) is 33.0 Å². The van der Waals surface area contributed by atoms with E-state index in [1.165, 1.54) is 9.80 Å². The summed E-state index contributed by atoms with van der Waals surface area (Å²) >= 11 is 0. The number of benzene rings is 3. The number of amides is 3. The fraction of sp³-hybridized carbons (Fsp3) is 0.447. The van der Waals surface area contributed by atoms with Gasteiger partial charge in [0.1, 0.15) is 12.1 Å². The van der Waals surface area contributed by atoms with Crippen molar-refractivity contribution in [3.63, 3.8) is 0 Å². The van der Waals surface area contributed by atoms with Crippen LogP contribution < -0.4 is 5.73 Å². The van der Waals surface area contributed by atoms with Gasteiger partial charge in [-0.05, 0) is 68.9 Å². The molecule has 8 heteroatoms. The molecule has 0 unspecified atom stereocenters. The van der Waals surface area contributed by atoms with Crippen molar-refractivity contribution in [1.82, 2.24) is 14.7 Å². The first-order valence-corrected chi connectivity index (χ1v) is 16.2. The number of piperidine rings is 1. The number of carbonyl (C=O) groups is 3. The van der Waals surface area contributed by atoms with Gasteiger partial charge in [0.15, 0.2) is 0 Å². The van der Waals surface area contributed by atoms with Gasteiger partial charge in [0.05, 0.1) is 6.10 Å². The Morgan fingerprint density at radius 3 is 2.13 bits per heavy atom. The second kappa shape index (κ2) is 15.1. The number of aliphatic hydroxyl groups is 1. The molecular weight excluding hydrogens is 576 g/mol. The number of nitrogens with zero attached hydrogens (tertiary/aromatic N) is 3. The summed E-state index contributed by atoms with van der Waals surface area (Å²) in [5.74, 6) is -0.750. The van der Waals surface area contributed by atoms with E-state index in [0.29, 0.717) is 38.8 Å². The van der Waals surface area contributed by atoms with Crippen LogP contribution in [0.5, 0.6) is 0 Å². The zero-order chi connectivity index (χ0) is 33.6. The lowest BCUT2D eigenvalue weighted by atomic mass is 9.96. The topological polar surface area (TPSA) is 107 Å². The van der Waals surface area contributed by atoms with E-state index < -0.39 is 23.7 Å². The molecule has 0 radical (unpaired) electrons. The van der Waals surface area contributed by atoms with Crippen LogP contribution in [-0.2, 0) is 27.2 Å². The highest BCUT2D eigenvalue weighted by molar-refractivity contribution is 5.95. The molecule has 3 amide bonds. The number of likely N-dealkylation sites (N-methyl/N-ethyl adjacent to an activating group) is 2. The third-order valence-electron chi connectivity index (χ3n) is 8.87. The summed E-state index contributed by atoms with van der Waals surface area (Å²) < 4.78 is 0. The second-order valence-corrected chi connectivity index (χ2v) is 13.7. The van der Waals surface area contributed by atoms with Gasteiger partial charge in [-0.25, -0.2) is 0 Å². The number of fused-ring (bicyclic) bond motifs is 1. The molecule has 2 atom stereocenters. The van der Waals surface area contributed by atoms with Crippen LogP contribution in [0, 0.1) is 6.92 Å². The Labute approximate surface area is 273 Å². The lowest BCUT2D eigenvalue weighted by Crippen LogP contribution is -2.57. The van der Waals surface area contributed by atoms with Crippen LogP contribution >= 0.6 is 0 Å². The Balaban J connectivity index is 1.68. The van der Waals surface area contributed by atoms with E-state index >= 15 is 0 Å². The van der Waals surface area contributed by atoms with Gasteiger partial charge >= 0.3 is 0 Å². The van der Waals surface area contributed by atoms with Gasteiger partial charge in [0, 0.05) is 51.6 Å². The van der Waals surface area contributed by atoms with Crippen LogP contribution in [0.25, 0.3) is 10.8 Å². The summed E-state index contributed by atoms with van der Waals surface area (Å²) in [6.45, 7) is 8.58. The quantitative estimate of drug-likeness (QED) is 0.302. The summed E-state index contributed by atoms with van der Waals surface area (Å²) in [6.07, 6.45) is 3.31. The fourth-order valence-electron chi connectivity index (χ4n) is 6.24. The van der Waals surface area contributed by atoms with E-state index in [-0.39, 0.29) is 24.1 Å². The fourth-order valence-corrected chi connectivity index (χ4v) is 6.24. The number of aliphatic hydroxyl groups excluding tert-OH is 1. The first-order valence-electron chi connectivity index (χ1n) is 16.2. The zero-order valence-corrected chi connectivity index (χ0v) is 28.2. The van der Waals surface area contributed by atoms with Crippen molar-refractivity contribution in [2.24, 2.45) is 5.73 Å². The molecule has 1 aliphatic rings. The van der Waals surface area contributed by atoms with Crippen molar-refractivity contribution in [1.29, 1.82) is 0 Å². The van der Waals surface area contributed by atoms with Gasteiger partial charge in [0.25, 0.3) is 0 Å². The van der Waals surface area contributed by atoms with Crippen LogP contribution in [0.15, 0.2) is 78.4 Å². The molecule has 1 aliphatic heterocycles. The van der Waals surface area contributed by atoms with Gasteiger partial charge in [-0.15, -0.1) is 0 Å². The highest BCUT2D eigenvalue weighted by Gasteiger charge is 2.37. The van der Waals surface area contributed by atoms with E-state index in [2.05, 4.69) is 6.07 Å². The lowest BCUT2D eigenvalue weighted by Gasteiger charge is -2.38. The van der Waals surface area contributed by atoms with Crippen LogP contribution in [0.4, 0.5) is 0 Å². The molecule has 1 heterocycles. The molecule has 1 saturated heterocycles. The SMILES string of the molecule is C/C(=C\C(=O)N(C)[C@H](Cc1ccc2ccccc2c1)C(=O)N(C)[C@H](Cc1ccc(C)cc1)C(=O)N1CCC(O)CC1)CC(C)(C)N. The largest absolute Gasteiger partial charge is 0.393 e. The molecule has 46 heavy (non-hydrogen) atoms. The molecule has 0 bridgehead atoms. The van der Waals surface area contributed by atoms with Gasteiger partial charge in [-0.2, -0.15) is 0 Å². The van der Waals surface area contributed by atoms with Crippen molar-refractivity contribution in [3.8, 4) is 0 Å². The Morgan fingerprint density at radius 2 is 1.50 bits per heavy atom. The van der Waals surface area contributed by atoms with Gasteiger partial charge in [0.2, 0.25) is 17.7 Å². The van der Waals surface area contributed by atoms with E-state index in [4.69, 9.17) is 5.73 Å². The molecular formula is C38H50N4O4. The van der Waals surface area contributed by atoms with Crippen molar-refractivity contribution in [2.45, 2.75) is 83.5 Å². The summed E-state index contributed by atoms with van der Waals surface area (Å²) in [5.41, 5.74) is 9.53. The van der Waals surface area contributed by atoms with Crippen molar-refractivity contribution in [2.75, 3.05) is 27.2 Å². The van der Waals surface area contributed by atoms with E-state index in [9.17, 15) is 19.5 Å². The molecule has 246 valence electrons. The third kappa shape index (κ3) is 9.27. The molecule has 4 rings (SSSR count). The maximum atomic E-state index is 14.6. The highest BCUT2D eigenvalue weighted by Crippen LogP contribution is 2.22. The number of nitrogens with two attached hydrogens (primary N) is 1. The smallest absolute Gasteiger partial charge is 0.246 e. The molecule has 0 saturated carbocycles. The minimum Gasteiger partial charge on any atom is -0.393 e. The molecule has 8 nitrogen and oxygen atoms in total. The lowest BCUT2D eigenvalue weighted by molar-refractivity contribution is -0.150. The molecule has 3 aromatic carbocycles. The average molecular weight is 627 g/mol. The highest BCUT2D eigenvalue weighted by atomic mass is 16.3. The average Bonchev–Trinajstić information content (AvgIpc) is 3.01. The van der Waals surface area contributed by atoms with Crippen molar-refractivity contribution in [3.05, 3.63) is 95.1 Å². The Kier molecular flexibility index (Phi) is 11.4. The summed E-state index contributed by atoms with van der Waals surface area (Å²) in [7, 11) is 3.32. The molecule has 0 aromatic heterocycles. The normalized spacial score (nSPS) is 15.8. The van der Waals surface area contributed by atoms with E-state index in [1.807, 2.05) is 88.4 Å². The number of hydrogen-bond acceptors (Lipinski definition) is 5. The Bertz CT molecular complexity index is 1550. The molecule has 3 aromatic rings. The van der Waals surface area contributed by atoms with Crippen LogP contribution in [-0.4, -0.2) is 88.4 Å². The van der Waals surface area contributed by atoms with Crippen LogP contribution in [0.2, 0.25) is 0 Å². The maximum Gasteiger partial charge on any atom is 0.246 e. The summed E-state index contributed by atoms with van der Waals surface area (Å²) in [5, 5.41) is 12.2. The van der Waals surface area contributed by atoms with Crippen molar-refractivity contribution < 1.29 is 19.5 Å². The predicted molar refractivity (Wildman–Crippen MR) is 184 cm³/mol. The number of hydrogen-bond donors (Lipinski definition) is 2. The first-order chi connectivity index (χ1) is 21.7. The number of likely N-dealkylation sites (tertiary alicyclic amines) is 1. The van der Waals surface area contributed by atoms with Crippen molar-refractivity contribution >= 4 is 28.5 Å². The minimum atomic E-state index is -0.856. The number of aryl methyl sites for hydroxylation is 1. The Morgan fingerprint density at radius 1 is 0.913 bits per heavy atom. The van der Waals surface area contributed by atoms with Crippen LogP contribution in [0.1, 0.15) is 56.7 Å². The molecule has 3 N–H and O–H groups in total. The molecule has 0 spiro atoms. The minimum absolute atomic E-state index is 0.150. The monoisotopic (exact) mass is 626 g/mol. The number of carbonyl (C=O) groups excluding carboxylic acids is 3. The predicted octanol–water partition coefficient (Wildman–Crippen LogP) is 4.64. The maximum absolute atomic E-state index is 14.6. The number of rotatable bonds is 11. The molecule has 1 fully saturated rings. The standard InChI is InChI=1S/C38H50N4O4/c1-26-11-13-28(14-12-26)23-34(37(46)42-19-17-32(43)18-20-42)41(6)36(45)33(40(5)35(44)21-27(2)25-38(3,4)39)24-29-15-16-30-9-7-8-10-31(30)22-29/h7-16,21-22,32-34,43H,17-20,23-25,39H2,1-6H3/b27-21+/t33-,34-/m1/s1. The summed E-state index contributed by atoms with van der Waals surface area (Å²) in [6, 6.07) is 20.5. The third-order valence-corrected chi connectivity index (χ3v) is 8.87. The van der Waals surface area contributed by atoms with Gasteiger partial charge < -0.3 is 25.5 Å². The van der Waals surface area contributed by atoms with Gasteiger partial charge in [-0.3, -0.25) is 14.4 Å². The van der Waals surface area contributed by atoms with E-state index in [1.54, 1.807) is 25.1 Å². The Hall–Kier alpha value is -4.01. The van der Waals surface area contributed by atoms with Crippen LogP contribution in [0.3, 0.4) is 0 Å². The second-order valence-electron chi connectivity index (χ2n) is 13.7. The summed E-state index contributed by atoms with van der Waals surface area (Å²) in [4.78, 5) is 47.1. The zero-order valence-electron chi connectivity index (χ0n) is 28.2. The first kappa shape index (κ1) is 34.9.